The topological polar surface area (TPSA) is 131 Å². The summed E-state index contributed by atoms with van der Waals surface area (Å²) in [6, 6.07) is 32.2. The van der Waals surface area contributed by atoms with Crippen LogP contribution in [0.15, 0.2) is 108 Å². The van der Waals surface area contributed by atoms with Crippen molar-refractivity contribution in [3.63, 3.8) is 0 Å². The van der Waals surface area contributed by atoms with E-state index in [0.717, 1.165) is 42.2 Å². The summed E-state index contributed by atoms with van der Waals surface area (Å²) in [4.78, 5) is 39.4. The van der Waals surface area contributed by atoms with Gasteiger partial charge >= 0.3 is 5.97 Å². The first-order valence-electron chi connectivity index (χ1n) is 15.6. The molecule has 0 unspecified atom stereocenters. The van der Waals surface area contributed by atoms with Crippen molar-refractivity contribution >= 4 is 40.3 Å². The highest BCUT2D eigenvalue weighted by Crippen LogP contribution is 2.31. The Morgan fingerprint density at radius 3 is 2.06 bits per heavy atom. The van der Waals surface area contributed by atoms with E-state index in [2.05, 4.69) is 48.2 Å². The first-order valence-corrected chi connectivity index (χ1v) is 16.4. The number of benzene rings is 5. The summed E-state index contributed by atoms with van der Waals surface area (Å²) >= 11 is 1.73. The molecule has 0 heterocycles. The van der Waals surface area contributed by atoms with Crippen LogP contribution in [0.1, 0.15) is 57.5 Å². The Bertz CT molecular complexity index is 1890. The third-order valence-electron chi connectivity index (χ3n) is 8.34. The fourth-order valence-electron chi connectivity index (χ4n) is 5.54. The molecule has 0 bridgehead atoms. The number of carbonyl (C=O) groups is 2. The van der Waals surface area contributed by atoms with Crippen LogP contribution in [-0.4, -0.2) is 29.1 Å². The van der Waals surface area contributed by atoms with E-state index in [-0.39, 0.29) is 17.4 Å². The number of carbonyl (C=O) groups excluding carboxylic acids is 1. The summed E-state index contributed by atoms with van der Waals surface area (Å²) in [5.41, 5.74) is 3.31. The monoisotopic (exact) mass is 664 g/mol. The Hall–Kier alpha value is -5.19. The minimum absolute atomic E-state index is 0.0324. The average Bonchev–Trinajstić information content (AvgIpc) is 3.11. The molecule has 48 heavy (non-hydrogen) atoms. The lowest BCUT2D eigenvalue weighted by Crippen LogP contribution is -2.33. The number of hydrogen-bond acceptors (Lipinski definition) is 8. The zero-order valence-electron chi connectivity index (χ0n) is 26.6. The van der Waals surface area contributed by atoms with Gasteiger partial charge in [0, 0.05) is 26.4 Å². The van der Waals surface area contributed by atoms with E-state index in [0.29, 0.717) is 23.1 Å². The molecule has 1 amide bonds. The number of carboxylic acid groups (broad SMARTS) is 1. The van der Waals surface area contributed by atoms with Crippen LogP contribution >= 0.6 is 11.9 Å². The van der Waals surface area contributed by atoms with Crippen molar-refractivity contribution in [2.45, 2.75) is 56.6 Å². The lowest BCUT2D eigenvalue weighted by Gasteiger charge is -2.29. The van der Waals surface area contributed by atoms with Crippen LogP contribution in [0.5, 0.6) is 17.2 Å². The highest BCUT2D eigenvalue weighted by atomic mass is 32.2. The number of ether oxygens (including phenoxy) is 2. The molecular formula is C38H36N2O7S. The number of carboxylic acids is 1. The summed E-state index contributed by atoms with van der Waals surface area (Å²) in [7, 11) is 0. The molecule has 5 aromatic carbocycles. The normalized spacial score (nSPS) is 15.5. The van der Waals surface area contributed by atoms with E-state index in [9.17, 15) is 14.7 Å². The predicted octanol–water partition coefficient (Wildman–Crippen LogP) is 9.25. The van der Waals surface area contributed by atoms with E-state index >= 15 is 0 Å². The van der Waals surface area contributed by atoms with Crippen molar-refractivity contribution in [2.75, 3.05) is 5.32 Å². The number of para-hydroxylation sites is 1. The maximum absolute atomic E-state index is 12.7. The summed E-state index contributed by atoms with van der Waals surface area (Å²) in [5, 5.41) is 14.1. The van der Waals surface area contributed by atoms with Crippen LogP contribution in [0.25, 0.3) is 10.8 Å². The lowest BCUT2D eigenvalue weighted by molar-refractivity contribution is 0.0698. The van der Waals surface area contributed by atoms with Gasteiger partial charge in [0.1, 0.15) is 17.2 Å². The third kappa shape index (κ3) is 8.78. The molecular weight excluding hydrogens is 628 g/mol. The van der Waals surface area contributed by atoms with Crippen LogP contribution in [0.2, 0.25) is 0 Å². The van der Waals surface area contributed by atoms with Gasteiger partial charge in [0.05, 0.1) is 17.4 Å². The third-order valence-corrected chi connectivity index (χ3v) is 9.28. The largest absolute Gasteiger partial charge is 0.490 e. The van der Waals surface area contributed by atoms with Crippen LogP contribution in [0.4, 0.5) is 5.69 Å². The maximum Gasteiger partial charge on any atom is 0.337 e. The molecule has 1 fully saturated rings. The minimum atomic E-state index is -1.10. The highest BCUT2D eigenvalue weighted by molar-refractivity contribution is 7.97. The Labute approximate surface area is 283 Å². The van der Waals surface area contributed by atoms with Gasteiger partial charge in [0.2, 0.25) is 0 Å². The molecule has 0 atom stereocenters. The summed E-state index contributed by atoms with van der Waals surface area (Å²) in [5.74, 6) is 0.633. The van der Waals surface area contributed by atoms with Gasteiger partial charge in [0.25, 0.3) is 5.91 Å². The van der Waals surface area contributed by atoms with Crippen molar-refractivity contribution in [1.29, 1.82) is 0 Å². The second-order valence-corrected chi connectivity index (χ2v) is 12.6. The van der Waals surface area contributed by atoms with E-state index in [1.54, 1.807) is 54.4 Å². The molecule has 246 valence electrons. The molecule has 1 aliphatic rings. The van der Waals surface area contributed by atoms with Gasteiger partial charge in [-0.15, -0.1) is 0 Å². The summed E-state index contributed by atoms with van der Waals surface area (Å²) < 4.78 is 16.1. The zero-order chi connectivity index (χ0) is 34.0. The smallest absolute Gasteiger partial charge is 0.337 e. The maximum atomic E-state index is 12.7. The molecule has 0 spiro atoms. The van der Waals surface area contributed by atoms with Crippen molar-refractivity contribution < 1.29 is 24.2 Å². The lowest BCUT2D eigenvalue weighted by atomic mass is 9.93. The molecule has 5 aromatic rings. The van der Waals surface area contributed by atoms with Gasteiger partial charge in [-0.1, -0.05) is 30.3 Å². The Morgan fingerprint density at radius 2 is 1.38 bits per heavy atom. The minimum Gasteiger partial charge on any atom is -0.490 e. The van der Waals surface area contributed by atoms with Gasteiger partial charge < -0.3 is 19.9 Å². The molecule has 0 radical (unpaired) electrons. The van der Waals surface area contributed by atoms with Crippen LogP contribution in [0, 0.1) is 23.8 Å². The van der Waals surface area contributed by atoms with Gasteiger partial charge in [-0.2, -0.15) is 0 Å². The van der Waals surface area contributed by atoms with Gasteiger partial charge in [-0.3, -0.25) is 9.52 Å². The van der Waals surface area contributed by atoms with Crippen LogP contribution in [0.3, 0.4) is 0 Å². The molecule has 0 aromatic heterocycles. The number of rotatable bonds is 10. The number of nitrogens with one attached hydrogen (secondary N) is 2. The summed E-state index contributed by atoms with van der Waals surface area (Å²) in [6.45, 7) is 4.30. The number of aryl methyl sites for hydroxylation is 2. The standard InChI is InChI=1S/C38H36N2O5S.O2/c1-24-7-20-34(21-25(24)2)46-40-29-12-18-31(19-13-29)45-33-17-11-27-22-32(16-10-28(27)23-33)44-30-14-8-26(9-15-30)37(41)39-36-6-4-3-5-35(36)38(42)43;1-2/h3-11,14-17,20-23,29,31,40H,12-13,18-19H2,1-2H3,(H,39,41)(H,42,43);. The van der Waals surface area contributed by atoms with Crippen LogP contribution in [-0.2, 0) is 0 Å². The van der Waals surface area contributed by atoms with Crippen LogP contribution < -0.4 is 19.5 Å². The van der Waals surface area contributed by atoms with E-state index < -0.39 is 11.9 Å². The quantitative estimate of drug-likeness (QED) is 0.125. The van der Waals surface area contributed by atoms with E-state index in [1.807, 2.05) is 30.3 Å². The van der Waals surface area contributed by atoms with Crippen molar-refractivity contribution in [3.05, 3.63) is 135 Å². The Kier molecular flexibility index (Phi) is 11.4. The first kappa shape index (κ1) is 34.2. The van der Waals surface area contributed by atoms with Crippen molar-refractivity contribution in [3.8, 4) is 17.2 Å². The summed E-state index contributed by atoms with van der Waals surface area (Å²) in [6.07, 6.45) is 4.42. The number of anilines is 1. The number of aromatic carboxylic acids is 1. The number of amides is 1. The molecule has 10 heteroatoms. The molecule has 6 rings (SSSR count). The highest BCUT2D eigenvalue weighted by Gasteiger charge is 2.22. The molecule has 1 aliphatic carbocycles. The fourth-order valence-corrected chi connectivity index (χ4v) is 6.45. The zero-order valence-corrected chi connectivity index (χ0v) is 27.4. The van der Waals surface area contributed by atoms with E-state index in [1.165, 1.54) is 22.1 Å². The number of fused-ring (bicyclic) bond motifs is 1. The van der Waals surface area contributed by atoms with Gasteiger partial charge in [-0.05, 0) is 146 Å². The molecule has 0 aliphatic heterocycles. The van der Waals surface area contributed by atoms with Gasteiger partial charge in [0.15, 0.2) is 0 Å². The number of hydrogen-bond donors (Lipinski definition) is 3. The van der Waals surface area contributed by atoms with Gasteiger partial charge in [-0.25, -0.2) is 4.79 Å². The second-order valence-electron chi connectivity index (χ2n) is 11.7. The first-order chi connectivity index (χ1) is 23.3. The van der Waals surface area contributed by atoms with Crippen molar-refractivity contribution in [2.24, 2.45) is 0 Å². The van der Waals surface area contributed by atoms with Crippen molar-refractivity contribution in [1.82, 2.24) is 4.72 Å². The second kappa shape index (κ2) is 16.1. The molecule has 0 saturated heterocycles. The Morgan fingerprint density at radius 1 is 0.729 bits per heavy atom. The SMILES string of the molecule is Cc1ccc(SNC2CCC(Oc3ccc4cc(Oc5ccc(C(=O)Nc6ccccc6C(=O)O)cc5)ccc4c3)CC2)cc1C.O=O. The molecule has 3 N–H and O–H groups in total. The predicted molar refractivity (Wildman–Crippen MR) is 190 cm³/mol. The molecule has 9 nitrogen and oxygen atoms in total. The Balaban J connectivity index is 0.00000221. The van der Waals surface area contributed by atoms with E-state index in [4.69, 9.17) is 19.4 Å². The average molecular weight is 665 g/mol. The fraction of sp³-hybridized carbons (Fsp3) is 0.211. The molecule has 1 saturated carbocycles.